The highest BCUT2D eigenvalue weighted by Crippen LogP contribution is 2.72. The molecule has 2 unspecified atom stereocenters. The fourth-order valence-corrected chi connectivity index (χ4v) is 14.4. The second-order valence-electron chi connectivity index (χ2n) is 20.4. The molecule has 14 heteroatoms. The van der Waals surface area contributed by atoms with Crippen LogP contribution in [0.3, 0.4) is 0 Å². The summed E-state index contributed by atoms with van der Waals surface area (Å²) >= 11 is 1.51. The third-order valence-electron chi connectivity index (χ3n) is 15.1. The SMILES string of the molecule is CC(/C(N)=N/c1nc2ccccc2s1)=C1\CCCN(C2=CC=C(c3cnn(CC45CC6(C)CC(C)(C4)CC(OCCN4CCCC4)(C6)C5)c3C)/C(=C(\O)N3CCCC3)N2)C1=N.[B]. The average molecular weight is 856 g/mol. The molecule has 327 valence electrons. The number of dihydropyridines is 1. The number of nitrogens with zero attached hydrogens (tertiary/aromatic N) is 7. The molecule has 3 saturated heterocycles. The largest absolute Gasteiger partial charge is 0.493 e. The first-order valence-corrected chi connectivity index (χ1v) is 23.7. The van der Waals surface area contributed by atoms with Gasteiger partial charge in [-0.2, -0.15) is 5.10 Å². The Kier molecular flexibility index (Phi) is 11.3. The third-order valence-corrected chi connectivity index (χ3v) is 16.0. The van der Waals surface area contributed by atoms with Gasteiger partial charge in [-0.3, -0.25) is 10.1 Å². The highest BCUT2D eigenvalue weighted by atomic mass is 32.1. The summed E-state index contributed by atoms with van der Waals surface area (Å²) in [5, 5.41) is 30.9. The predicted octanol–water partition coefficient (Wildman–Crippen LogP) is 8.38. The number of aliphatic imine (C=N–C) groups is 1. The van der Waals surface area contributed by atoms with E-state index in [4.69, 9.17) is 20.6 Å². The second kappa shape index (κ2) is 16.3. The molecule has 0 spiro atoms. The number of benzene rings is 1. The van der Waals surface area contributed by atoms with Crippen LogP contribution >= 0.6 is 11.3 Å². The first-order valence-electron chi connectivity index (χ1n) is 22.9. The van der Waals surface area contributed by atoms with E-state index in [1.165, 1.54) is 69.4 Å². The van der Waals surface area contributed by atoms with Crippen molar-refractivity contribution in [3.8, 4) is 0 Å². The van der Waals surface area contributed by atoms with Gasteiger partial charge in [-0.15, -0.1) is 0 Å². The number of piperidine rings is 1. The zero-order chi connectivity index (χ0) is 42.1. The predicted molar refractivity (Wildman–Crippen MR) is 250 cm³/mol. The molecule has 1 aromatic carbocycles. The lowest BCUT2D eigenvalue weighted by atomic mass is 9.39. The van der Waals surface area contributed by atoms with Gasteiger partial charge in [0.05, 0.1) is 28.6 Å². The van der Waals surface area contributed by atoms with Crippen molar-refractivity contribution in [1.82, 2.24) is 34.8 Å². The summed E-state index contributed by atoms with van der Waals surface area (Å²) in [6, 6.07) is 7.99. The maximum Gasteiger partial charge on any atom is 0.212 e. The molecule has 2 atom stereocenters. The Morgan fingerprint density at radius 3 is 2.44 bits per heavy atom. The summed E-state index contributed by atoms with van der Waals surface area (Å²) in [6.07, 6.45) is 19.7. The number of nitrogens with one attached hydrogen (secondary N) is 2. The van der Waals surface area contributed by atoms with E-state index < -0.39 is 0 Å². The smallest absolute Gasteiger partial charge is 0.212 e. The molecule has 4 aliphatic carbocycles. The monoisotopic (exact) mass is 856 g/mol. The van der Waals surface area contributed by atoms with E-state index in [0.29, 0.717) is 29.0 Å². The number of hydrogen-bond acceptors (Lipinski definition) is 10. The molecule has 4 bridgehead atoms. The van der Waals surface area contributed by atoms with E-state index >= 15 is 0 Å². The van der Waals surface area contributed by atoms with Crippen LogP contribution in [0.1, 0.15) is 109 Å². The van der Waals surface area contributed by atoms with E-state index in [9.17, 15) is 10.5 Å². The van der Waals surface area contributed by atoms with Gasteiger partial charge in [-0.25, -0.2) is 9.98 Å². The molecular formula is C48H64BN10O2S. The number of nitrogens with two attached hydrogens (primary N) is 1. The van der Waals surface area contributed by atoms with Crippen molar-refractivity contribution in [2.24, 2.45) is 27.0 Å². The number of hydrogen-bond donors (Lipinski definition) is 4. The molecule has 11 rings (SSSR count). The lowest BCUT2D eigenvalue weighted by Gasteiger charge is -2.69. The molecule has 4 saturated carbocycles. The minimum absolute atomic E-state index is 0. The van der Waals surface area contributed by atoms with Gasteiger partial charge in [0.2, 0.25) is 11.0 Å². The molecule has 3 radical (unpaired) electrons. The Hall–Kier alpha value is -4.40. The van der Waals surface area contributed by atoms with Gasteiger partial charge < -0.3 is 35.6 Å². The molecule has 6 heterocycles. The summed E-state index contributed by atoms with van der Waals surface area (Å²) in [6.45, 7) is 16.7. The van der Waals surface area contributed by atoms with Gasteiger partial charge in [0.15, 0.2) is 0 Å². The highest BCUT2D eigenvalue weighted by Gasteiger charge is 2.66. The first-order chi connectivity index (χ1) is 29.3. The summed E-state index contributed by atoms with van der Waals surface area (Å²) in [5.41, 5.74) is 13.5. The second-order valence-corrected chi connectivity index (χ2v) is 21.4. The zero-order valence-corrected chi connectivity index (χ0v) is 38.0. The molecular weight excluding hydrogens is 791 g/mol. The first kappa shape index (κ1) is 42.9. The number of aliphatic hydroxyl groups is 1. The van der Waals surface area contributed by atoms with Gasteiger partial charge in [0.1, 0.15) is 23.2 Å². The summed E-state index contributed by atoms with van der Waals surface area (Å²) < 4.78 is 10.4. The normalized spacial score (nSPS) is 31.7. The number of ether oxygens (including phenoxy) is 1. The van der Waals surface area contributed by atoms with Crippen molar-refractivity contribution < 1.29 is 9.84 Å². The number of rotatable bonds is 11. The topological polar surface area (TPSA) is 144 Å². The minimum Gasteiger partial charge on any atom is -0.493 e. The Bertz CT molecular complexity index is 2350. The van der Waals surface area contributed by atoms with E-state index in [2.05, 4.69) is 57.7 Å². The molecule has 7 fully saturated rings. The minimum atomic E-state index is -0.0546. The van der Waals surface area contributed by atoms with Crippen molar-refractivity contribution in [3.05, 3.63) is 82.4 Å². The van der Waals surface area contributed by atoms with E-state index in [1.807, 2.05) is 42.3 Å². The molecule has 4 aliphatic heterocycles. The number of fused-ring (bicyclic) bond motifs is 1. The Morgan fingerprint density at radius 2 is 1.69 bits per heavy atom. The van der Waals surface area contributed by atoms with Crippen molar-refractivity contribution in [1.29, 1.82) is 5.41 Å². The molecule has 0 amide bonds. The van der Waals surface area contributed by atoms with Crippen LogP contribution in [0, 0.1) is 28.6 Å². The summed E-state index contributed by atoms with van der Waals surface area (Å²) in [7, 11) is 0. The standard InChI is InChI=1S/C48H64N10O2S.B/c1-32(41(49)54-44-52-37-13-5-6-14-38(37)61-44)34-12-11-21-57(42(34)50)39-16-15-35(40(53-39)43(59)56-19-9-10-20-56)36-24-51-58(33(36)2)31-47-26-45(3)25-46(4,27-47)29-48(28-45,30-47)60-23-22-55-17-7-8-18-55;/h5-6,13-16,24,50,53,59H,7-12,17-23,25-31H2,1-4H3,(H2,49,52,54);/b34-32-,43-40+,50-42?;. The van der Waals surface area contributed by atoms with Crippen LogP contribution in [0.15, 0.2) is 76.2 Å². The maximum absolute atomic E-state index is 12.0. The number of allylic oxidation sites excluding steroid dienone is 3. The Labute approximate surface area is 373 Å². The zero-order valence-electron chi connectivity index (χ0n) is 37.2. The van der Waals surface area contributed by atoms with E-state index in [1.54, 1.807) is 0 Å². The van der Waals surface area contributed by atoms with Crippen molar-refractivity contribution >= 4 is 52.3 Å². The number of aliphatic hydroxyl groups excluding tert-OH is 1. The van der Waals surface area contributed by atoms with Crippen LogP contribution in [-0.4, -0.2) is 106 Å². The quantitative estimate of drug-likeness (QED) is 0.0648. The highest BCUT2D eigenvalue weighted by molar-refractivity contribution is 7.22. The fourth-order valence-electron chi connectivity index (χ4n) is 13.5. The number of likely N-dealkylation sites (tertiary alicyclic amines) is 3. The Balaban J connectivity index is 0.00000490. The van der Waals surface area contributed by atoms with Gasteiger partial charge in [0.25, 0.3) is 0 Å². The third kappa shape index (κ3) is 7.93. The van der Waals surface area contributed by atoms with Crippen LogP contribution < -0.4 is 11.1 Å². The number of amidine groups is 2. The van der Waals surface area contributed by atoms with E-state index in [-0.39, 0.29) is 36.1 Å². The van der Waals surface area contributed by atoms with Gasteiger partial charge in [-0.1, -0.05) is 37.3 Å². The number of aromatic nitrogens is 3. The Morgan fingerprint density at radius 1 is 0.968 bits per heavy atom. The van der Waals surface area contributed by atoms with Crippen molar-refractivity contribution in [2.75, 3.05) is 45.9 Å². The van der Waals surface area contributed by atoms with Gasteiger partial charge in [0, 0.05) is 63.5 Å². The molecule has 3 aromatic rings. The van der Waals surface area contributed by atoms with Crippen LogP contribution in [0.2, 0.25) is 0 Å². The van der Waals surface area contributed by atoms with Gasteiger partial charge >= 0.3 is 0 Å². The molecule has 5 N–H and O–H groups in total. The number of thiazole rings is 1. The summed E-state index contributed by atoms with van der Waals surface area (Å²) in [5.74, 6) is 1.78. The van der Waals surface area contributed by atoms with Crippen LogP contribution in [0.4, 0.5) is 5.13 Å². The van der Waals surface area contributed by atoms with E-state index in [0.717, 1.165) is 109 Å². The van der Waals surface area contributed by atoms with Gasteiger partial charge in [-0.05, 0) is 150 Å². The van der Waals surface area contributed by atoms with Crippen molar-refractivity contribution in [3.63, 3.8) is 0 Å². The van der Waals surface area contributed by atoms with Crippen LogP contribution in [0.5, 0.6) is 0 Å². The van der Waals surface area contributed by atoms with Crippen LogP contribution in [-0.2, 0) is 11.3 Å². The molecule has 8 aliphatic rings. The maximum atomic E-state index is 12.0. The van der Waals surface area contributed by atoms with Crippen molar-refractivity contribution in [2.45, 2.75) is 117 Å². The lowest BCUT2D eigenvalue weighted by molar-refractivity contribution is -0.248. The molecule has 12 nitrogen and oxygen atoms in total. The number of para-hydroxylation sites is 1. The molecule has 62 heavy (non-hydrogen) atoms. The lowest BCUT2D eigenvalue weighted by Crippen LogP contribution is -2.64. The average Bonchev–Trinajstić information content (AvgIpc) is 4.05. The van der Waals surface area contributed by atoms with Crippen LogP contribution in [0.25, 0.3) is 15.8 Å². The fraction of sp³-hybridized carbons (Fsp3) is 0.583. The molecule has 2 aromatic heterocycles. The summed E-state index contributed by atoms with van der Waals surface area (Å²) in [4.78, 5) is 16.0.